The summed E-state index contributed by atoms with van der Waals surface area (Å²) in [4.78, 5) is 0. The average molecular weight is 548 g/mol. The van der Waals surface area contributed by atoms with Crippen molar-refractivity contribution >= 4 is 76.5 Å². The van der Waals surface area contributed by atoms with Crippen molar-refractivity contribution in [3.05, 3.63) is 127 Å². The Kier molecular flexibility index (Phi) is 3.83. The lowest BCUT2D eigenvalue weighted by Crippen LogP contribution is -1.96. The normalized spacial score (nSPS) is 12.7. The fraction of sp³-hybridized carbons (Fsp3) is 0. The molecule has 43 heavy (non-hydrogen) atoms. The van der Waals surface area contributed by atoms with Gasteiger partial charge in [0.1, 0.15) is 22.3 Å². The number of para-hydroxylation sites is 3. The van der Waals surface area contributed by atoms with Crippen LogP contribution in [0.15, 0.2) is 136 Å². The Bertz CT molecular complexity index is 2810. The van der Waals surface area contributed by atoms with E-state index in [1.165, 1.54) is 33.0 Å². The molecule has 0 unspecified atom stereocenters. The molecule has 3 heterocycles. The molecule has 0 saturated carbocycles. The zero-order valence-corrected chi connectivity index (χ0v) is 22.9. The zero-order valence-electron chi connectivity index (χ0n) is 22.9. The van der Waals surface area contributed by atoms with Crippen molar-refractivity contribution in [1.82, 2.24) is 4.57 Å². The molecule has 7 aromatic carbocycles. The zero-order chi connectivity index (χ0) is 27.8. The molecule has 1 aliphatic rings. The number of hydrogen-bond acceptors (Lipinski definition) is 2. The molecule has 0 saturated heterocycles. The van der Waals surface area contributed by atoms with Gasteiger partial charge in [-0.15, -0.1) is 0 Å². The quantitative estimate of drug-likeness (QED) is 0.205. The standard InChI is InChI=1S/C40H21NO2/c1-2-11-23-22(10-1)24-15-9-16-26-31(21-20-25(23)34(24)26)41-30-17-6-3-12-27(30)37-38(41)40-36(29-14-5-8-19-33(29)43-40)35-28-13-4-7-18-32(28)42-39(35)37/h1-21H. The maximum absolute atomic E-state index is 6.84. The van der Waals surface area contributed by atoms with Crippen LogP contribution in [0.1, 0.15) is 0 Å². The van der Waals surface area contributed by atoms with Crippen LogP contribution in [0.5, 0.6) is 0 Å². The molecule has 0 fully saturated rings. The number of hydrogen-bond donors (Lipinski definition) is 0. The Labute approximate surface area is 244 Å². The predicted molar refractivity (Wildman–Crippen MR) is 177 cm³/mol. The molecule has 0 aliphatic heterocycles. The average Bonchev–Trinajstić information content (AvgIpc) is 3.80. The van der Waals surface area contributed by atoms with Crippen molar-refractivity contribution in [2.45, 2.75) is 0 Å². The second kappa shape index (κ2) is 7.53. The van der Waals surface area contributed by atoms with Gasteiger partial charge in [0.05, 0.1) is 16.6 Å². The van der Waals surface area contributed by atoms with Gasteiger partial charge in [0.25, 0.3) is 0 Å². The Morgan fingerprint density at radius 1 is 0.372 bits per heavy atom. The number of rotatable bonds is 1. The summed E-state index contributed by atoms with van der Waals surface area (Å²) < 4.78 is 16.0. The minimum absolute atomic E-state index is 0.879. The first kappa shape index (κ1) is 21.9. The maximum atomic E-state index is 6.84. The van der Waals surface area contributed by atoms with E-state index in [1.807, 2.05) is 12.1 Å². The molecule has 3 heteroatoms. The van der Waals surface area contributed by atoms with Crippen molar-refractivity contribution < 1.29 is 8.83 Å². The van der Waals surface area contributed by atoms with E-state index in [0.717, 1.165) is 71.4 Å². The molecule has 11 rings (SSSR count). The van der Waals surface area contributed by atoms with Crippen LogP contribution in [0.25, 0.3) is 104 Å². The van der Waals surface area contributed by atoms with Crippen molar-refractivity contribution in [2.75, 3.05) is 0 Å². The van der Waals surface area contributed by atoms with Gasteiger partial charge < -0.3 is 13.4 Å². The lowest BCUT2D eigenvalue weighted by molar-refractivity contribution is 0.667. The van der Waals surface area contributed by atoms with Crippen molar-refractivity contribution in [1.29, 1.82) is 0 Å². The molecule has 198 valence electrons. The molecule has 0 radical (unpaired) electrons. The highest BCUT2D eigenvalue weighted by Gasteiger charge is 2.28. The highest BCUT2D eigenvalue weighted by molar-refractivity contribution is 6.38. The number of benzene rings is 7. The summed E-state index contributed by atoms with van der Waals surface area (Å²) >= 11 is 0. The second-order valence-corrected chi connectivity index (χ2v) is 11.6. The summed E-state index contributed by atoms with van der Waals surface area (Å²) in [5.41, 5.74) is 12.0. The molecule has 3 aromatic heterocycles. The molecular formula is C40H21NO2. The highest BCUT2D eigenvalue weighted by Crippen LogP contribution is 2.51. The molecular weight excluding hydrogens is 526 g/mol. The Morgan fingerprint density at radius 2 is 0.930 bits per heavy atom. The van der Waals surface area contributed by atoms with Gasteiger partial charge >= 0.3 is 0 Å². The first-order valence-electron chi connectivity index (χ1n) is 14.7. The summed E-state index contributed by atoms with van der Waals surface area (Å²) in [6.45, 7) is 0. The van der Waals surface area contributed by atoms with Crippen LogP contribution in [-0.2, 0) is 0 Å². The summed E-state index contributed by atoms with van der Waals surface area (Å²) in [6.07, 6.45) is 0. The smallest absolute Gasteiger partial charge is 0.160 e. The fourth-order valence-corrected chi connectivity index (χ4v) is 7.85. The minimum atomic E-state index is 0.879. The van der Waals surface area contributed by atoms with E-state index in [4.69, 9.17) is 8.83 Å². The van der Waals surface area contributed by atoms with Crippen molar-refractivity contribution in [3.8, 4) is 27.9 Å². The third-order valence-electron chi connectivity index (χ3n) is 9.52. The Hall–Kier alpha value is -5.80. The molecule has 0 atom stereocenters. The minimum Gasteiger partial charge on any atom is -0.455 e. The highest BCUT2D eigenvalue weighted by atomic mass is 16.3. The lowest BCUT2D eigenvalue weighted by Gasteiger charge is -2.13. The van der Waals surface area contributed by atoms with E-state index in [1.54, 1.807) is 0 Å². The SMILES string of the molecule is c1ccc2c(c1)-c1cccc3c(-n4c5ccccc5c5c6oc7ccccc7c6c6c7ccccc7oc6c54)ccc-2c13. The molecule has 1 aliphatic carbocycles. The van der Waals surface area contributed by atoms with Crippen LogP contribution in [0, 0.1) is 0 Å². The monoisotopic (exact) mass is 547 g/mol. The van der Waals surface area contributed by atoms with Gasteiger partial charge in [0.15, 0.2) is 5.58 Å². The first-order valence-corrected chi connectivity index (χ1v) is 14.7. The van der Waals surface area contributed by atoms with Crippen LogP contribution in [0.3, 0.4) is 0 Å². The van der Waals surface area contributed by atoms with Gasteiger partial charge in [0.2, 0.25) is 0 Å². The number of nitrogens with zero attached hydrogens (tertiary/aromatic N) is 1. The summed E-state index contributed by atoms with van der Waals surface area (Å²) in [7, 11) is 0. The first-order chi connectivity index (χ1) is 21.4. The van der Waals surface area contributed by atoms with E-state index in [-0.39, 0.29) is 0 Å². The molecule has 10 aromatic rings. The van der Waals surface area contributed by atoms with E-state index in [0.29, 0.717) is 0 Å². The van der Waals surface area contributed by atoms with E-state index < -0.39 is 0 Å². The molecule has 0 spiro atoms. The Morgan fingerprint density at radius 3 is 1.70 bits per heavy atom. The van der Waals surface area contributed by atoms with E-state index in [9.17, 15) is 0 Å². The molecule has 0 bridgehead atoms. The number of fused-ring (bicyclic) bond motifs is 15. The van der Waals surface area contributed by atoms with Crippen LogP contribution in [0.4, 0.5) is 0 Å². The fourth-order valence-electron chi connectivity index (χ4n) is 7.85. The maximum Gasteiger partial charge on any atom is 0.160 e. The molecule has 0 amide bonds. The van der Waals surface area contributed by atoms with Gasteiger partial charge in [-0.1, -0.05) is 103 Å². The van der Waals surface area contributed by atoms with Gasteiger partial charge in [-0.05, 0) is 51.9 Å². The predicted octanol–water partition coefficient (Wildman–Crippen LogP) is 11.4. The van der Waals surface area contributed by atoms with Crippen LogP contribution in [-0.4, -0.2) is 4.57 Å². The summed E-state index contributed by atoms with van der Waals surface area (Å²) in [5, 5.41) is 9.18. The summed E-state index contributed by atoms with van der Waals surface area (Å²) in [6, 6.07) is 45.4. The third-order valence-corrected chi connectivity index (χ3v) is 9.52. The topological polar surface area (TPSA) is 31.2 Å². The van der Waals surface area contributed by atoms with E-state index in [2.05, 4.69) is 120 Å². The number of aromatic nitrogens is 1. The van der Waals surface area contributed by atoms with Crippen LogP contribution < -0.4 is 0 Å². The van der Waals surface area contributed by atoms with Gasteiger partial charge in [0, 0.05) is 32.3 Å². The second-order valence-electron chi connectivity index (χ2n) is 11.6. The Balaban J connectivity index is 1.42. The van der Waals surface area contributed by atoms with Crippen LogP contribution in [0.2, 0.25) is 0 Å². The van der Waals surface area contributed by atoms with E-state index >= 15 is 0 Å². The van der Waals surface area contributed by atoms with Gasteiger partial charge in [-0.25, -0.2) is 0 Å². The molecule has 3 nitrogen and oxygen atoms in total. The number of furan rings is 2. The van der Waals surface area contributed by atoms with Crippen molar-refractivity contribution in [2.24, 2.45) is 0 Å². The van der Waals surface area contributed by atoms with Crippen molar-refractivity contribution in [3.63, 3.8) is 0 Å². The third kappa shape index (κ3) is 2.54. The van der Waals surface area contributed by atoms with Gasteiger partial charge in [-0.3, -0.25) is 0 Å². The largest absolute Gasteiger partial charge is 0.455 e. The molecule has 0 N–H and O–H groups in total. The van der Waals surface area contributed by atoms with Crippen LogP contribution >= 0.6 is 0 Å². The summed E-state index contributed by atoms with van der Waals surface area (Å²) in [5.74, 6) is 0. The van der Waals surface area contributed by atoms with Gasteiger partial charge in [-0.2, -0.15) is 0 Å². The lowest BCUT2D eigenvalue weighted by atomic mass is 10.0.